The van der Waals surface area contributed by atoms with E-state index in [9.17, 15) is 5.11 Å². The number of piperidine rings is 1. The molecule has 172 valence electrons. The van der Waals surface area contributed by atoms with Crippen LogP contribution in [0.25, 0.3) is 0 Å². The lowest BCUT2D eigenvalue weighted by Crippen LogP contribution is -2.64. The summed E-state index contributed by atoms with van der Waals surface area (Å²) in [5.74, 6) is 2.21. The largest absolute Gasteiger partial charge is 0.389 e. The summed E-state index contributed by atoms with van der Waals surface area (Å²) < 4.78 is 0. The number of nitrogens with zero attached hydrogens (tertiary/aromatic N) is 1. The molecule has 0 bridgehead atoms. The summed E-state index contributed by atoms with van der Waals surface area (Å²) in [5, 5.41) is 16.0. The van der Waals surface area contributed by atoms with Gasteiger partial charge in [0.15, 0.2) is 0 Å². The van der Waals surface area contributed by atoms with Gasteiger partial charge in [0.2, 0.25) is 0 Å². The van der Waals surface area contributed by atoms with Crippen LogP contribution in [0.3, 0.4) is 0 Å². The van der Waals surface area contributed by atoms with E-state index < -0.39 is 0 Å². The molecular weight excluding hydrogens is 368 g/mol. The van der Waals surface area contributed by atoms with Crippen molar-refractivity contribution >= 4 is 0 Å². The maximum Gasteiger partial charge on any atom is 0.0731 e. The molecule has 3 heteroatoms. The van der Waals surface area contributed by atoms with E-state index in [4.69, 9.17) is 0 Å². The zero-order valence-corrected chi connectivity index (χ0v) is 19.9. The van der Waals surface area contributed by atoms with Crippen LogP contribution in [0.1, 0.15) is 104 Å². The third kappa shape index (κ3) is 3.59. The van der Waals surface area contributed by atoms with E-state index in [-0.39, 0.29) is 11.0 Å². The Kier molecular flexibility index (Phi) is 6.04. The van der Waals surface area contributed by atoms with Crippen molar-refractivity contribution < 1.29 is 5.11 Å². The molecule has 5 rings (SSSR count). The standard InChI is InChI=1S/C27H48N2O/c1-25-12-4-5-13-27(25,30)24-9-8-21-20-22(10-15-26(21,2)23(24)11-14-25)28-16-19-29-17-6-3-7-18-29/h21-24,28,30H,3-20H2,1-2H3. The van der Waals surface area contributed by atoms with Crippen LogP contribution in [0.5, 0.6) is 0 Å². The van der Waals surface area contributed by atoms with Crippen molar-refractivity contribution in [2.45, 2.75) is 115 Å². The van der Waals surface area contributed by atoms with Crippen molar-refractivity contribution in [2.24, 2.45) is 28.6 Å². The summed E-state index contributed by atoms with van der Waals surface area (Å²) in [4.78, 5) is 2.67. The van der Waals surface area contributed by atoms with Gasteiger partial charge >= 0.3 is 0 Å². The van der Waals surface area contributed by atoms with Crippen LogP contribution < -0.4 is 5.32 Å². The summed E-state index contributed by atoms with van der Waals surface area (Å²) in [7, 11) is 0. The minimum Gasteiger partial charge on any atom is -0.389 e. The molecule has 1 aliphatic heterocycles. The lowest BCUT2D eigenvalue weighted by Gasteiger charge is -2.66. The molecule has 7 atom stereocenters. The number of likely N-dealkylation sites (tertiary alicyclic amines) is 1. The van der Waals surface area contributed by atoms with Gasteiger partial charge in [0.25, 0.3) is 0 Å². The highest BCUT2D eigenvalue weighted by Crippen LogP contribution is 2.66. The molecule has 1 saturated heterocycles. The molecule has 0 amide bonds. The first-order chi connectivity index (χ1) is 14.4. The van der Waals surface area contributed by atoms with Crippen molar-refractivity contribution in [2.75, 3.05) is 26.2 Å². The second-order valence-electron chi connectivity index (χ2n) is 12.6. The summed E-state index contributed by atoms with van der Waals surface area (Å²) in [6, 6.07) is 0.732. The Morgan fingerprint density at radius 1 is 0.833 bits per heavy atom. The maximum atomic E-state index is 12.0. The molecule has 4 aliphatic carbocycles. The highest BCUT2D eigenvalue weighted by molar-refractivity contribution is 5.13. The first-order valence-corrected chi connectivity index (χ1v) is 13.6. The van der Waals surface area contributed by atoms with Crippen LogP contribution in [0, 0.1) is 28.6 Å². The molecule has 2 N–H and O–H groups in total. The second kappa shape index (κ2) is 8.34. The van der Waals surface area contributed by atoms with Gasteiger partial charge in [0, 0.05) is 19.1 Å². The van der Waals surface area contributed by atoms with Crippen molar-refractivity contribution in [1.29, 1.82) is 0 Å². The molecular formula is C27H48N2O. The van der Waals surface area contributed by atoms with Gasteiger partial charge in [-0.05, 0) is 112 Å². The van der Waals surface area contributed by atoms with Crippen LogP contribution >= 0.6 is 0 Å². The summed E-state index contributed by atoms with van der Waals surface area (Å²) in [6.07, 6.45) is 18.6. The molecule has 0 aromatic rings. The Balaban J connectivity index is 1.20. The van der Waals surface area contributed by atoms with E-state index in [2.05, 4.69) is 24.1 Å². The minimum absolute atomic E-state index is 0.197. The minimum atomic E-state index is -0.369. The van der Waals surface area contributed by atoms with Crippen molar-refractivity contribution in [3.63, 3.8) is 0 Å². The fraction of sp³-hybridized carbons (Fsp3) is 1.00. The Morgan fingerprint density at radius 2 is 1.63 bits per heavy atom. The number of fused-ring (bicyclic) bond motifs is 5. The molecule has 0 radical (unpaired) electrons. The Labute approximate surface area is 185 Å². The predicted octanol–water partition coefficient (Wildman–Crippen LogP) is 5.37. The fourth-order valence-electron chi connectivity index (χ4n) is 9.17. The lowest BCUT2D eigenvalue weighted by molar-refractivity contribution is -0.227. The molecule has 4 saturated carbocycles. The van der Waals surface area contributed by atoms with Gasteiger partial charge in [-0.2, -0.15) is 0 Å². The van der Waals surface area contributed by atoms with Crippen molar-refractivity contribution in [1.82, 2.24) is 10.2 Å². The number of aliphatic hydroxyl groups is 1. The van der Waals surface area contributed by atoms with E-state index in [1.807, 2.05) is 0 Å². The number of rotatable bonds is 4. The molecule has 1 heterocycles. The monoisotopic (exact) mass is 416 g/mol. The molecule has 3 nitrogen and oxygen atoms in total. The summed E-state index contributed by atoms with van der Waals surface area (Å²) in [6.45, 7) is 10.1. The average molecular weight is 417 g/mol. The van der Waals surface area contributed by atoms with Gasteiger partial charge in [-0.15, -0.1) is 0 Å². The van der Waals surface area contributed by atoms with Gasteiger partial charge in [-0.25, -0.2) is 0 Å². The smallest absolute Gasteiger partial charge is 0.0731 e. The summed E-state index contributed by atoms with van der Waals surface area (Å²) >= 11 is 0. The molecule has 30 heavy (non-hydrogen) atoms. The van der Waals surface area contributed by atoms with Crippen molar-refractivity contribution in [3.05, 3.63) is 0 Å². The number of hydrogen-bond donors (Lipinski definition) is 2. The van der Waals surface area contributed by atoms with Gasteiger partial charge < -0.3 is 15.3 Å². The van der Waals surface area contributed by atoms with Crippen LogP contribution in [0.4, 0.5) is 0 Å². The molecule has 7 unspecified atom stereocenters. The van der Waals surface area contributed by atoms with Crippen LogP contribution in [0.15, 0.2) is 0 Å². The third-order valence-electron chi connectivity index (χ3n) is 11.2. The number of nitrogens with one attached hydrogen (secondary N) is 1. The molecule has 0 aromatic heterocycles. The molecule has 5 fully saturated rings. The van der Waals surface area contributed by atoms with E-state index in [0.717, 1.165) is 24.3 Å². The van der Waals surface area contributed by atoms with Gasteiger partial charge in [-0.1, -0.05) is 33.1 Å². The Hall–Kier alpha value is -0.120. The normalized spacial score (nSPS) is 49.7. The van der Waals surface area contributed by atoms with Gasteiger partial charge in [0.1, 0.15) is 0 Å². The highest BCUT2D eigenvalue weighted by atomic mass is 16.3. The maximum absolute atomic E-state index is 12.0. The average Bonchev–Trinajstić information content (AvgIpc) is 2.75. The third-order valence-corrected chi connectivity index (χ3v) is 11.2. The van der Waals surface area contributed by atoms with Gasteiger partial charge in [0.05, 0.1) is 5.60 Å². The molecule has 0 spiro atoms. The van der Waals surface area contributed by atoms with E-state index in [1.165, 1.54) is 110 Å². The van der Waals surface area contributed by atoms with Gasteiger partial charge in [-0.3, -0.25) is 0 Å². The first-order valence-electron chi connectivity index (χ1n) is 13.6. The topological polar surface area (TPSA) is 35.5 Å². The van der Waals surface area contributed by atoms with E-state index in [1.54, 1.807) is 0 Å². The SMILES string of the molecule is CC12CCC(NCCN3CCCCC3)CC1CCC1C2CCC2(C)CCCCC12O. The Bertz CT molecular complexity index is 604. The predicted molar refractivity (Wildman–Crippen MR) is 125 cm³/mol. The van der Waals surface area contributed by atoms with Crippen LogP contribution in [-0.2, 0) is 0 Å². The fourth-order valence-corrected chi connectivity index (χ4v) is 9.17. The zero-order valence-electron chi connectivity index (χ0n) is 19.9. The molecule has 0 aromatic carbocycles. The van der Waals surface area contributed by atoms with Crippen molar-refractivity contribution in [3.8, 4) is 0 Å². The second-order valence-corrected chi connectivity index (χ2v) is 12.6. The lowest BCUT2D eigenvalue weighted by atomic mass is 9.41. The van der Waals surface area contributed by atoms with E-state index >= 15 is 0 Å². The Morgan fingerprint density at radius 3 is 2.47 bits per heavy atom. The number of hydrogen-bond acceptors (Lipinski definition) is 3. The summed E-state index contributed by atoms with van der Waals surface area (Å²) in [5.41, 5.74) is 0.303. The van der Waals surface area contributed by atoms with Crippen LogP contribution in [-0.4, -0.2) is 47.8 Å². The van der Waals surface area contributed by atoms with Crippen LogP contribution in [0.2, 0.25) is 0 Å². The zero-order chi connectivity index (χ0) is 20.8. The van der Waals surface area contributed by atoms with E-state index in [0.29, 0.717) is 11.3 Å². The first kappa shape index (κ1) is 21.7. The quantitative estimate of drug-likeness (QED) is 0.647. The molecule has 5 aliphatic rings. The highest BCUT2D eigenvalue weighted by Gasteiger charge is 2.63.